The van der Waals surface area contributed by atoms with Crippen LogP contribution in [0.2, 0.25) is 18.1 Å². The Balaban J connectivity index is 1.45. The number of allylic oxidation sites excluding steroid dienone is 2. The predicted octanol–water partition coefficient (Wildman–Crippen LogP) is 9.80. The molecule has 2 aromatic rings. The molecule has 2 aliphatic rings. The molecule has 2 aromatic carbocycles. The minimum absolute atomic E-state index is 0.136. The minimum Gasteiger partial charge on any atom is -0.412 e. The van der Waals surface area contributed by atoms with Crippen molar-refractivity contribution in [3.8, 4) is 11.1 Å². The van der Waals surface area contributed by atoms with Crippen molar-refractivity contribution in [3.63, 3.8) is 0 Å². The molecular formula is C39H62NO5PSi. The van der Waals surface area contributed by atoms with Crippen molar-refractivity contribution in [3.05, 3.63) is 72.3 Å². The average Bonchev–Trinajstić information content (AvgIpc) is 3.37. The third kappa shape index (κ3) is 11.5. The topological polar surface area (TPSA) is 57.2 Å². The molecule has 5 atom stereocenters. The van der Waals surface area contributed by atoms with Crippen LogP contribution in [0, 0.1) is 5.92 Å². The fourth-order valence-electron chi connectivity index (χ4n) is 6.79. The van der Waals surface area contributed by atoms with Crippen molar-refractivity contribution in [2.45, 2.75) is 109 Å². The van der Waals surface area contributed by atoms with E-state index in [1.54, 1.807) is 6.66 Å². The van der Waals surface area contributed by atoms with E-state index in [1.807, 2.05) is 6.92 Å². The first-order chi connectivity index (χ1) is 22.4. The third-order valence-corrected chi connectivity index (χ3v) is 16.9. The molecular weight excluding hydrogens is 621 g/mol. The number of hydrogen-bond donors (Lipinski definition) is 0. The lowest BCUT2D eigenvalue weighted by atomic mass is 9.93. The molecule has 2 fully saturated rings. The minimum atomic E-state index is -2.43. The molecule has 0 bridgehead atoms. The van der Waals surface area contributed by atoms with Gasteiger partial charge in [-0.25, -0.2) is 0 Å². The van der Waals surface area contributed by atoms with Gasteiger partial charge in [-0.15, -0.1) is 0 Å². The lowest BCUT2D eigenvalue weighted by Crippen LogP contribution is -2.54. The number of ether oxygens (including phenoxy) is 2. The quantitative estimate of drug-likeness (QED) is 0.0716. The largest absolute Gasteiger partial charge is 0.412 e. The first kappa shape index (κ1) is 38.2. The monoisotopic (exact) mass is 683 g/mol. The summed E-state index contributed by atoms with van der Waals surface area (Å²) in [5, 5.41) is 0.147. The number of benzene rings is 2. The van der Waals surface area contributed by atoms with Gasteiger partial charge < -0.3 is 18.4 Å². The summed E-state index contributed by atoms with van der Waals surface area (Å²) in [6.45, 7) is 20.0. The van der Waals surface area contributed by atoms with Crippen LogP contribution >= 0.6 is 7.37 Å². The Morgan fingerprint density at radius 1 is 0.936 bits per heavy atom. The highest BCUT2D eigenvalue weighted by molar-refractivity contribution is 7.58. The normalized spacial score (nSPS) is 24.1. The van der Waals surface area contributed by atoms with E-state index in [4.69, 9.17) is 18.4 Å². The summed E-state index contributed by atoms with van der Waals surface area (Å²) in [5.74, 6) is 0.383. The van der Waals surface area contributed by atoms with Gasteiger partial charge in [0.25, 0.3) is 0 Å². The highest BCUT2D eigenvalue weighted by Gasteiger charge is 2.50. The Morgan fingerprint density at radius 3 is 2.26 bits per heavy atom. The van der Waals surface area contributed by atoms with Gasteiger partial charge in [0.05, 0.1) is 38.6 Å². The van der Waals surface area contributed by atoms with Crippen LogP contribution in [-0.4, -0.2) is 77.2 Å². The van der Waals surface area contributed by atoms with Gasteiger partial charge in [0.1, 0.15) is 0 Å². The van der Waals surface area contributed by atoms with Gasteiger partial charge in [-0.2, -0.15) is 0 Å². The Kier molecular flexibility index (Phi) is 14.6. The predicted molar refractivity (Wildman–Crippen MR) is 199 cm³/mol. The molecule has 1 saturated carbocycles. The molecule has 1 saturated heterocycles. The Morgan fingerprint density at radius 2 is 1.60 bits per heavy atom. The summed E-state index contributed by atoms with van der Waals surface area (Å²) in [6, 6.07) is 19.7. The van der Waals surface area contributed by atoms with Gasteiger partial charge in [0, 0.05) is 44.3 Å². The highest BCUT2D eigenvalue weighted by atomic mass is 31.2. The van der Waals surface area contributed by atoms with Gasteiger partial charge in [0.15, 0.2) is 15.7 Å². The lowest BCUT2D eigenvalue weighted by Gasteiger charge is -2.44. The Bertz CT molecular complexity index is 1270. The number of hydrogen-bond acceptors (Lipinski definition) is 6. The fraction of sp³-hybridized carbons (Fsp3) is 0.641. The van der Waals surface area contributed by atoms with Crippen molar-refractivity contribution in [2.75, 3.05) is 45.7 Å². The smallest absolute Gasteiger partial charge is 0.200 e. The molecule has 6 nitrogen and oxygen atoms in total. The maximum absolute atomic E-state index is 12.4. The number of morpholine rings is 1. The second-order valence-electron chi connectivity index (χ2n) is 15.1. The van der Waals surface area contributed by atoms with Crippen LogP contribution in [0.3, 0.4) is 0 Å². The standard InChI is InChI=1S/C39H62NO5PSi/c1-8-44-46(5,41)29-17-12-10-9-11-16-20-35-36(43-31-32-21-23-34(24-22-32)33-18-14-13-15-19-33)30-37(45-47(6,7)39(2,3)4)38(35)40-25-27-42-28-26-40/h9,11,13-15,18-19,21-24,35-38H,8,10,12,16-17,20,25-31H2,1-7H3. The summed E-state index contributed by atoms with van der Waals surface area (Å²) >= 11 is 0. The molecule has 47 heavy (non-hydrogen) atoms. The molecule has 0 spiro atoms. The molecule has 1 aliphatic carbocycles. The van der Waals surface area contributed by atoms with E-state index in [2.05, 4.69) is 106 Å². The molecule has 1 heterocycles. The molecule has 5 unspecified atom stereocenters. The number of nitrogens with zero attached hydrogens (tertiary/aromatic N) is 1. The van der Waals surface area contributed by atoms with Crippen LogP contribution in [0.25, 0.3) is 11.1 Å². The first-order valence-electron chi connectivity index (χ1n) is 18.0. The van der Waals surface area contributed by atoms with Gasteiger partial charge in [-0.1, -0.05) is 87.5 Å². The van der Waals surface area contributed by atoms with Crippen molar-refractivity contribution in [1.82, 2.24) is 4.90 Å². The van der Waals surface area contributed by atoms with E-state index in [9.17, 15) is 4.57 Å². The molecule has 262 valence electrons. The van der Waals surface area contributed by atoms with Crippen LogP contribution in [-0.2, 0) is 29.6 Å². The van der Waals surface area contributed by atoms with Crippen LogP contribution in [0.4, 0.5) is 0 Å². The van der Waals surface area contributed by atoms with Crippen LogP contribution in [0.1, 0.15) is 71.8 Å². The van der Waals surface area contributed by atoms with Crippen LogP contribution in [0.15, 0.2) is 66.7 Å². The summed E-state index contributed by atoms with van der Waals surface area (Å²) in [7, 11) is -4.43. The second kappa shape index (κ2) is 17.9. The van der Waals surface area contributed by atoms with E-state index in [0.717, 1.165) is 64.8 Å². The Hall–Kier alpha value is -1.57. The van der Waals surface area contributed by atoms with Crippen LogP contribution < -0.4 is 0 Å². The van der Waals surface area contributed by atoms with E-state index in [1.165, 1.54) is 16.7 Å². The molecule has 0 N–H and O–H groups in total. The molecule has 8 heteroatoms. The first-order valence-corrected chi connectivity index (χ1v) is 23.2. The molecule has 4 rings (SSSR count). The number of rotatable bonds is 17. The van der Waals surface area contributed by atoms with E-state index in [0.29, 0.717) is 31.3 Å². The van der Waals surface area contributed by atoms with E-state index >= 15 is 0 Å². The molecule has 0 radical (unpaired) electrons. The van der Waals surface area contributed by atoms with Gasteiger partial charge >= 0.3 is 0 Å². The molecule has 1 aliphatic heterocycles. The van der Waals surface area contributed by atoms with Gasteiger partial charge in [0.2, 0.25) is 0 Å². The van der Waals surface area contributed by atoms with Gasteiger partial charge in [-0.3, -0.25) is 9.46 Å². The zero-order valence-corrected chi connectivity index (χ0v) is 32.2. The second-order valence-corrected chi connectivity index (χ2v) is 22.6. The van der Waals surface area contributed by atoms with Crippen molar-refractivity contribution < 1.29 is 23.0 Å². The maximum atomic E-state index is 12.4. The van der Waals surface area contributed by atoms with Crippen molar-refractivity contribution in [1.29, 1.82) is 0 Å². The van der Waals surface area contributed by atoms with E-state index in [-0.39, 0.29) is 17.2 Å². The number of unbranched alkanes of at least 4 members (excludes halogenated alkanes) is 2. The third-order valence-electron chi connectivity index (χ3n) is 10.4. The van der Waals surface area contributed by atoms with Crippen molar-refractivity contribution >= 4 is 15.7 Å². The summed E-state index contributed by atoms with van der Waals surface area (Å²) in [5.41, 5.74) is 3.67. The molecule has 0 aromatic heterocycles. The lowest BCUT2D eigenvalue weighted by molar-refractivity contribution is -0.0340. The van der Waals surface area contributed by atoms with Gasteiger partial charge in [-0.05, 0) is 73.9 Å². The summed E-state index contributed by atoms with van der Waals surface area (Å²) < 4.78 is 37.8. The zero-order chi connectivity index (χ0) is 33.9. The Labute approximate surface area is 287 Å². The average molecular weight is 684 g/mol. The van der Waals surface area contributed by atoms with Crippen molar-refractivity contribution in [2.24, 2.45) is 5.92 Å². The summed E-state index contributed by atoms with van der Waals surface area (Å²) in [4.78, 5) is 2.65. The SMILES string of the molecule is CCOP(C)(=O)CCCCC=CCCC1C(OCc2ccc(-c3ccccc3)cc2)CC(O[Si](C)(C)C(C)(C)C)C1N1CCOCC1. The van der Waals surface area contributed by atoms with E-state index < -0.39 is 15.7 Å². The maximum Gasteiger partial charge on any atom is 0.200 e. The fourth-order valence-corrected chi connectivity index (χ4v) is 9.61. The highest BCUT2D eigenvalue weighted by Crippen LogP contribution is 2.45. The van der Waals surface area contributed by atoms with Crippen LogP contribution in [0.5, 0.6) is 0 Å². The zero-order valence-electron chi connectivity index (χ0n) is 30.3. The molecule has 0 amide bonds. The summed E-state index contributed by atoms with van der Waals surface area (Å²) in [6.07, 6.45) is 11.6.